The van der Waals surface area contributed by atoms with E-state index in [1.54, 1.807) is 21.3 Å². The van der Waals surface area contributed by atoms with E-state index in [1.807, 2.05) is 12.1 Å². The number of hydrogen-bond acceptors (Lipinski definition) is 5. The summed E-state index contributed by atoms with van der Waals surface area (Å²) >= 11 is 1.45. The second kappa shape index (κ2) is 8.23. The molecule has 3 aromatic rings. The number of rotatable bonds is 7. The van der Waals surface area contributed by atoms with Gasteiger partial charge in [-0.1, -0.05) is 37.6 Å². The summed E-state index contributed by atoms with van der Waals surface area (Å²) in [4.78, 5) is 1.02. The molecule has 1 aromatic heterocycles. The van der Waals surface area contributed by atoms with Crippen LogP contribution in [0.15, 0.2) is 42.5 Å². The third kappa shape index (κ3) is 3.68. The Morgan fingerprint density at radius 1 is 0.846 bits per heavy atom. The summed E-state index contributed by atoms with van der Waals surface area (Å²) in [5, 5.41) is 0. The van der Waals surface area contributed by atoms with E-state index in [4.69, 9.17) is 14.2 Å². The molecule has 26 heavy (non-hydrogen) atoms. The SMILES string of the molecule is CCCc1ccc(-c2cc(-c3cc(OC)c(OC)cc3OC)sn2)cc1. The smallest absolute Gasteiger partial charge is 0.164 e. The first-order valence-electron chi connectivity index (χ1n) is 8.56. The molecule has 0 saturated heterocycles. The summed E-state index contributed by atoms with van der Waals surface area (Å²) < 4.78 is 21.0. The van der Waals surface area contributed by atoms with E-state index in [0.717, 1.165) is 40.3 Å². The molecule has 0 saturated carbocycles. The van der Waals surface area contributed by atoms with Crippen LogP contribution in [0.4, 0.5) is 0 Å². The van der Waals surface area contributed by atoms with Crippen LogP contribution in [-0.2, 0) is 6.42 Å². The summed E-state index contributed by atoms with van der Waals surface area (Å²) in [6, 6.07) is 14.5. The number of methoxy groups -OCH3 is 3. The van der Waals surface area contributed by atoms with Crippen LogP contribution in [0.3, 0.4) is 0 Å². The zero-order valence-electron chi connectivity index (χ0n) is 15.5. The summed E-state index contributed by atoms with van der Waals surface area (Å²) in [6.45, 7) is 2.19. The molecular formula is C21H23NO3S. The lowest BCUT2D eigenvalue weighted by Gasteiger charge is -2.12. The first-order chi connectivity index (χ1) is 12.7. The van der Waals surface area contributed by atoms with Gasteiger partial charge in [-0.25, -0.2) is 0 Å². The number of benzene rings is 2. The summed E-state index contributed by atoms with van der Waals surface area (Å²) in [5.41, 5.74) is 4.38. The van der Waals surface area contributed by atoms with Gasteiger partial charge < -0.3 is 14.2 Å². The second-order valence-electron chi connectivity index (χ2n) is 5.93. The normalized spacial score (nSPS) is 10.6. The Morgan fingerprint density at radius 2 is 1.50 bits per heavy atom. The van der Waals surface area contributed by atoms with E-state index in [0.29, 0.717) is 11.5 Å². The number of ether oxygens (including phenoxy) is 3. The molecule has 136 valence electrons. The molecule has 0 spiro atoms. The lowest BCUT2D eigenvalue weighted by molar-refractivity contribution is 0.349. The first-order valence-corrected chi connectivity index (χ1v) is 9.33. The quantitative estimate of drug-likeness (QED) is 0.555. The van der Waals surface area contributed by atoms with Crippen molar-refractivity contribution in [1.82, 2.24) is 4.37 Å². The highest BCUT2D eigenvalue weighted by molar-refractivity contribution is 7.09. The van der Waals surface area contributed by atoms with Crippen molar-refractivity contribution in [2.75, 3.05) is 21.3 Å². The van der Waals surface area contributed by atoms with Gasteiger partial charge in [0.2, 0.25) is 0 Å². The van der Waals surface area contributed by atoms with E-state index < -0.39 is 0 Å². The Kier molecular flexibility index (Phi) is 5.78. The predicted octanol–water partition coefficient (Wildman–Crippen LogP) is 5.46. The van der Waals surface area contributed by atoms with Gasteiger partial charge in [-0.3, -0.25) is 0 Å². The fourth-order valence-electron chi connectivity index (χ4n) is 2.89. The highest BCUT2D eigenvalue weighted by Crippen LogP contribution is 2.42. The van der Waals surface area contributed by atoms with Crippen molar-refractivity contribution in [3.8, 4) is 38.9 Å². The minimum Gasteiger partial charge on any atom is -0.496 e. The predicted molar refractivity (Wildman–Crippen MR) is 107 cm³/mol. The van der Waals surface area contributed by atoms with Gasteiger partial charge in [0.15, 0.2) is 11.5 Å². The Bertz CT molecular complexity index is 871. The molecule has 0 bridgehead atoms. The van der Waals surface area contributed by atoms with Crippen LogP contribution in [0, 0.1) is 0 Å². The van der Waals surface area contributed by atoms with E-state index >= 15 is 0 Å². The molecule has 0 aliphatic heterocycles. The Balaban J connectivity index is 1.96. The average molecular weight is 369 g/mol. The largest absolute Gasteiger partial charge is 0.496 e. The van der Waals surface area contributed by atoms with Gasteiger partial charge in [-0.2, -0.15) is 4.37 Å². The zero-order chi connectivity index (χ0) is 18.5. The Hall–Kier alpha value is -2.53. The maximum atomic E-state index is 5.54. The second-order valence-corrected chi connectivity index (χ2v) is 6.74. The van der Waals surface area contributed by atoms with Crippen LogP contribution in [-0.4, -0.2) is 25.7 Å². The molecule has 0 fully saturated rings. The van der Waals surface area contributed by atoms with Crippen molar-refractivity contribution in [1.29, 1.82) is 0 Å². The van der Waals surface area contributed by atoms with Gasteiger partial charge in [-0.05, 0) is 35.6 Å². The van der Waals surface area contributed by atoms with Gasteiger partial charge in [-0.15, -0.1) is 0 Å². The molecule has 0 N–H and O–H groups in total. The van der Waals surface area contributed by atoms with Gasteiger partial charge in [0.05, 0.1) is 31.9 Å². The van der Waals surface area contributed by atoms with Crippen LogP contribution < -0.4 is 14.2 Å². The van der Waals surface area contributed by atoms with Crippen molar-refractivity contribution in [2.24, 2.45) is 0 Å². The molecule has 0 aliphatic rings. The average Bonchev–Trinajstić information content (AvgIpc) is 3.17. The van der Waals surface area contributed by atoms with E-state index in [-0.39, 0.29) is 0 Å². The van der Waals surface area contributed by atoms with E-state index in [1.165, 1.54) is 17.1 Å². The maximum Gasteiger partial charge on any atom is 0.164 e. The molecular weight excluding hydrogens is 346 g/mol. The monoisotopic (exact) mass is 369 g/mol. The first kappa shape index (κ1) is 18.3. The molecule has 1 heterocycles. The van der Waals surface area contributed by atoms with Gasteiger partial charge in [0.25, 0.3) is 0 Å². The lowest BCUT2D eigenvalue weighted by atomic mass is 10.0. The van der Waals surface area contributed by atoms with Crippen molar-refractivity contribution in [3.05, 3.63) is 48.0 Å². The number of aryl methyl sites for hydroxylation is 1. The van der Waals surface area contributed by atoms with Crippen LogP contribution in [0.1, 0.15) is 18.9 Å². The van der Waals surface area contributed by atoms with Crippen LogP contribution >= 0.6 is 11.5 Å². The molecule has 0 aliphatic carbocycles. The Morgan fingerprint density at radius 3 is 2.12 bits per heavy atom. The molecule has 4 nitrogen and oxygen atoms in total. The van der Waals surface area contributed by atoms with Gasteiger partial charge in [0.1, 0.15) is 5.75 Å². The molecule has 0 amide bonds. The molecule has 3 rings (SSSR count). The highest BCUT2D eigenvalue weighted by Gasteiger charge is 2.16. The number of nitrogens with zero attached hydrogens (tertiary/aromatic N) is 1. The third-order valence-electron chi connectivity index (χ3n) is 4.27. The molecule has 0 unspecified atom stereocenters. The van der Waals surface area contributed by atoms with Crippen molar-refractivity contribution < 1.29 is 14.2 Å². The Labute approximate surface area is 158 Å². The van der Waals surface area contributed by atoms with Crippen LogP contribution in [0.25, 0.3) is 21.7 Å². The van der Waals surface area contributed by atoms with Crippen molar-refractivity contribution in [3.63, 3.8) is 0 Å². The molecule has 0 atom stereocenters. The number of aromatic nitrogens is 1. The van der Waals surface area contributed by atoms with Crippen LogP contribution in [0.2, 0.25) is 0 Å². The molecule has 0 radical (unpaired) electrons. The van der Waals surface area contributed by atoms with Crippen LogP contribution in [0.5, 0.6) is 17.2 Å². The maximum absolute atomic E-state index is 5.54. The lowest BCUT2D eigenvalue weighted by Crippen LogP contribution is -1.94. The minimum absolute atomic E-state index is 0.643. The van der Waals surface area contributed by atoms with Crippen molar-refractivity contribution >= 4 is 11.5 Å². The topological polar surface area (TPSA) is 40.6 Å². The summed E-state index contributed by atoms with van der Waals surface area (Å²) in [6.07, 6.45) is 2.25. The van der Waals surface area contributed by atoms with Gasteiger partial charge in [0, 0.05) is 17.2 Å². The van der Waals surface area contributed by atoms with Gasteiger partial charge >= 0.3 is 0 Å². The minimum atomic E-state index is 0.643. The fraction of sp³-hybridized carbons (Fsp3) is 0.286. The standard InChI is InChI=1S/C21H23NO3S/c1-5-6-14-7-9-15(10-8-14)17-12-21(26-22-17)16-11-19(24-3)20(25-4)13-18(16)23-2/h7-13H,5-6H2,1-4H3. The highest BCUT2D eigenvalue weighted by atomic mass is 32.1. The molecule has 2 aromatic carbocycles. The fourth-order valence-corrected chi connectivity index (χ4v) is 3.67. The molecule has 5 heteroatoms. The summed E-state index contributed by atoms with van der Waals surface area (Å²) in [7, 11) is 4.90. The third-order valence-corrected chi connectivity index (χ3v) is 5.09. The van der Waals surface area contributed by atoms with E-state index in [9.17, 15) is 0 Å². The summed E-state index contributed by atoms with van der Waals surface area (Å²) in [5.74, 6) is 2.04. The zero-order valence-corrected chi connectivity index (χ0v) is 16.4. The number of hydrogen-bond donors (Lipinski definition) is 0. The van der Waals surface area contributed by atoms with Crippen molar-refractivity contribution in [2.45, 2.75) is 19.8 Å². The van der Waals surface area contributed by atoms with E-state index in [2.05, 4.69) is 41.6 Å².